The van der Waals surface area contributed by atoms with Crippen LogP contribution in [0.3, 0.4) is 0 Å². The maximum absolute atomic E-state index is 11.7. The van der Waals surface area contributed by atoms with Gasteiger partial charge in [0.2, 0.25) is 5.91 Å². The van der Waals surface area contributed by atoms with Gasteiger partial charge in [0, 0.05) is 12.5 Å². The molecule has 2 rings (SSSR count). The second-order valence-corrected chi connectivity index (χ2v) is 4.38. The zero-order chi connectivity index (χ0) is 11.5. The van der Waals surface area contributed by atoms with E-state index in [4.69, 9.17) is 0 Å². The van der Waals surface area contributed by atoms with Crippen molar-refractivity contribution < 1.29 is 4.79 Å². The minimum absolute atomic E-state index is 0.107. The quantitative estimate of drug-likeness (QED) is 0.801. The highest BCUT2D eigenvalue weighted by atomic mass is 16.1. The summed E-state index contributed by atoms with van der Waals surface area (Å²) in [5.74, 6) is 0.107. The third kappa shape index (κ3) is 2.18. The van der Waals surface area contributed by atoms with E-state index in [0.717, 1.165) is 24.2 Å². The van der Waals surface area contributed by atoms with Crippen molar-refractivity contribution in [3.05, 3.63) is 23.8 Å². The van der Waals surface area contributed by atoms with Crippen LogP contribution in [0.5, 0.6) is 0 Å². The summed E-state index contributed by atoms with van der Waals surface area (Å²) in [5.41, 5.74) is 3.16. The molecule has 0 saturated heterocycles. The molecule has 1 aliphatic rings. The van der Waals surface area contributed by atoms with Gasteiger partial charge in [0.15, 0.2) is 0 Å². The van der Waals surface area contributed by atoms with E-state index < -0.39 is 0 Å². The molecule has 0 radical (unpaired) electrons. The number of aryl methyl sites for hydroxylation is 1. The minimum Gasteiger partial charge on any atom is -0.380 e. The normalized spacial score (nSPS) is 19.4. The van der Waals surface area contributed by atoms with E-state index in [9.17, 15) is 4.79 Å². The Labute approximate surface area is 96.2 Å². The lowest BCUT2D eigenvalue weighted by Gasteiger charge is -2.17. The van der Waals surface area contributed by atoms with Crippen LogP contribution < -0.4 is 10.6 Å². The Hall–Kier alpha value is -1.51. The van der Waals surface area contributed by atoms with Crippen molar-refractivity contribution in [2.75, 3.05) is 10.6 Å². The van der Waals surface area contributed by atoms with Gasteiger partial charge < -0.3 is 10.6 Å². The number of rotatable bonds is 2. The third-order valence-electron chi connectivity index (χ3n) is 2.96. The van der Waals surface area contributed by atoms with E-state index in [1.807, 2.05) is 12.1 Å². The van der Waals surface area contributed by atoms with E-state index >= 15 is 0 Å². The van der Waals surface area contributed by atoms with Gasteiger partial charge in [-0.3, -0.25) is 4.79 Å². The molecule has 0 saturated carbocycles. The first-order valence-corrected chi connectivity index (χ1v) is 5.86. The molecule has 3 nitrogen and oxygen atoms in total. The molecule has 0 spiro atoms. The second-order valence-electron chi connectivity index (χ2n) is 4.38. The first kappa shape index (κ1) is 11.0. The number of benzene rings is 1. The molecule has 1 aromatic carbocycles. The molecule has 0 aromatic heterocycles. The molecule has 1 aliphatic heterocycles. The molecular weight excluding hydrogens is 200 g/mol. The molecule has 0 aliphatic carbocycles. The lowest BCUT2D eigenvalue weighted by molar-refractivity contribution is -0.116. The molecule has 1 aromatic rings. The van der Waals surface area contributed by atoms with Crippen molar-refractivity contribution in [1.29, 1.82) is 0 Å². The lowest BCUT2D eigenvalue weighted by atomic mass is 10.1. The third-order valence-corrected chi connectivity index (χ3v) is 2.96. The van der Waals surface area contributed by atoms with Crippen LogP contribution in [0.1, 0.15) is 31.7 Å². The van der Waals surface area contributed by atoms with Crippen molar-refractivity contribution in [3.63, 3.8) is 0 Å². The predicted octanol–water partition coefficient (Wildman–Crippen LogP) is 2.92. The summed E-state index contributed by atoms with van der Waals surface area (Å²) >= 11 is 0. The molecule has 3 heteroatoms. The van der Waals surface area contributed by atoms with Gasteiger partial charge in [-0.25, -0.2) is 0 Å². The zero-order valence-corrected chi connectivity index (χ0v) is 9.84. The standard InChI is InChI=1S/C13H18N2O/c1-3-5-10-8-12(16)15-11-7-4-6-9(2)13(11)14-10/h4,6-7,10,14H,3,5,8H2,1-2H3,(H,15,16). The van der Waals surface area contributed by atoms with E-state index in [1.165, 1.54) is 5.56 Å². The van der Waals surface area contributed by atoms with Crippen LogP contribution in [-0.2, 0) is 4.79 Å². The Bertz CT molecular complexity index is 401. The molecular formula is C13H18N2O. The fourth-order valence-electron chi connectivity index (χ4n) is 2.17. The minimum atomic E-state index is 0.107. The highest BCUT2D eigenvalue weighted by Gasteiger charge is 2.20. The molecule has 1 atom stereocenters. The van der Waals surface area contributed by atoms with Crippen LogP contribution in [0.4, 0.5) is 11.4 Å². The van der Waals surface area contributed by atoms with Crippen LogP contribution in [0.2, 0.25) is 0 Å². The average Bonchev–Trinajstić information content (AvgIpc) is 2.38. The molecule has 86 valence electrons. The summed E-state index contributed by atoms with van der Waals surface area (Å²) in [5, 5.41) is 6.43. The van der Waals surface area contributed by atoms with Crippen LogP contribution in [0.15, 0.2) is 18.2 Å². The molecule has 2 N–H and O–H groups in total. The molecule has 16 heavy (non-hydrogen) atoms. The summed E-state index contributed by atoms with van der Waals surface area (Å²) < 4.78 is 0. The second kappa shape index (κ2) is 4.56. The van der Waals surface area contributed by atoms with Gasteiger partial charge in [0.25, 0.3) is 0 Å². The molecule has 1 amide bonds. The largest absolute Gasteiger partial charge is 0.380 e. The summed E-state index contributed by atoms with van der Waals surface area (Å²) in [7, 11) is 0. The van der Waals surface area contributed by atoms with Gasteiger partial charge in [-0.05, 0) is 25.0 Å². The monoisotopic (exact) mass is 218 g/mol. The Kier molecular flexibility index (Phi) is 3.13. The maximum atomic E-state index is 11.7. The number of para-hydroxylation sites is 1. The smallest absolute Gasteiger partial charge is 0.226 e. The summed E-state index contributed by atoms with van der Waals surface area (Å²) in [4.78, 5) is 11.7. The van der Waals surface area contributed by atoms with Crippen molar-refractivity contribution in [2.24, 2.45) is 0 Å². The van der Waals surface area contributed by atoms with Crippen molar-refractivity contribution in [2.45, 2.75) is 39.2 Å². The predicted molar refractivity (Wildman–Crippen MR) is 66.7 cm³/mol. The van der Waals surface area contributed by atoms with Crippen molar-refractivity contribution >= 4 is 17.3 Å². The summed E-state index contributed by atoms with van der Waals surface area (Å²) in [6.45, 7) is 4.20. The Morgan fingerprint density at radius 3 is 3.00 bits per heavy atom. The summed E-state index contributed by atoms with van der Waals surface area (Å²) in [6, 6.07) is 6.23. The summed E-state index contributed by atoms with van der Waals surface area (Å²) in [6.07, 6.45) is 2.68. The van der Waals surface area contributed by atoms with Gasteiger partial charge in [-0.2, -0.15) is 0 Å². The molecule has 0 bridgehead atoms. The zero-order valence-electron chi connectivity index (χ0n) is 9.84. The maximum Gasteiger partial charge on any atom is 0.226 e. The first-order chi connectivity index (χ1) is 7.70. The van der Waals surface area contributed by atoms with Gasteiger partial charge >= 0.3 is 0 Å². The number of amides is 1. The number of carbonyl (C=O) groups is 1. The Morgan fingerprint density at radius 2 is 2.25 bits per heavy atom. The van der Waals surface area contributed by atoms with Crippen LogP contribution in [-0.4, -0.2) is 11.9 Å². The first-order valence-electron chi connectivity index (χ1n) is 5.86. The van der Waals surface area contributed by atoms with Crippen molar-refractivity contribution in [3.8, 4) is 0 Å². The number of fused-ring (bicyclic) bond motifs is 1. The SMILES string of the molecule is CCCC1CC(=O)Nc2cccc(C)c2N1. The topological polar surface area (TPSA) is 41.1 Å². The van der Waals surface area contributed by atoms with Gasteiger partial charge in [0.1, 0.15) is 0 Å². The molecule has 1 heterocycles. The van der Waals surface area contributed by atoms with E-state index in [2.05, 4.69) is 30.5 Å². The number of hydrogen-bond acceptors (Lipinski definition) is 2. The fraction of sp³-hybridized carbons (Fsp3) is 0.462. The van der Waals surface area contributed by atoms with Gasteiger partial charge in [-0.15, -0.1) is 0 Å². The van der Waals surface area contributed by atoms with Gasteiger partial charge in [0.05, 0.1) is 11.4 Å². The van der Waals surface area contributed by atoms with Gasteiger partial charge in [-0.1, -0.05) is 25.5 Å². The number of nitrogens with one attached hydrogen (secondary N) is 2. The Balaban J connectivity index is 2.32. The van der Waals surface area contributed by atoms with E-state index in [-0.39, 0.29) is 11.9 Å². The van der Waals surface area contributed by atoms with Crippen LogP contribution in [0, 0.1) is 6.92 Å². The average molecular weight is 218 g/mol. The van der Waals surface area contributed by atoms with E-state index in [0.29, 0.717) is 6.42 Å². The van der Waals surface area contributed by atoms with Crippen LogP contribution >= 0.6 is 0 Å². The van der Waals surface area contributed by atoms with Crippen LogP contribution in [0.25, 0.3) is 0 Å². The fourth-order valence-corrected chi connectivity index (χ4v) is 2.17. The van der Waals surface area contributed by atoms with Crippen molar-refractivity contribution in [1.82, 2.24) is 0 Å². The molecule has 1 unspecified atom stereocenters. The highest BCUT2D eigenvalue weighted by Crippen LogP contribution is 2.30. The lowest BCUT2D eigenvalue weighted by Crippen LogP contribution is -2.22. The Morgan fingerprint density at radius 1 is 1.44 bits per heavy atom. The number of carbonyl (C=O) groups excluding carboxylic acids is 1. The molecule has 0 fully saturated rings. The highest BCUT2D eigenvalue weighted by molar-refractivity contribution is 5.96. The van der Waals surface area contributed by atoms with E-state index in [1.54, 1.807) is 0 Å². The number of hydrogen-bond donors (Lipinski definition) is 2. The number of anilines is 2.